The van der Waals surface area contributed by atoms with Crippen molar-refractivity contribution >= 4 is 26.6 Å². The average Bonchev–Trinajstić information content (AvgIpc) is 3.08. The van der Waals surface area contributed by atoms with Crippen LogP contribution in [0.15, 0.2) is 30.5 Å². The van der Waals surface area contributed by atoms with E-state index in [1.807, 2.05) is 30.5 Å². The molecule has 0 unspecified atom stereocenters. The Morgan fingerprint density at radius 1 is 1.38 bits per heavy atom. The van der Waals surface area contributed by atoms with E-state index in [9.17, 15) is 13.2 Å². The van der Waals surface area contributed by atoms with Crippen LogP contribution in [0.1, 0.15) is 26.3 Å². The summed E-state index contributed by atoms with van der Waals surface area (Å²) in [7, 11) is -3.00. The van der Waals surface area contributed by atoms with Crippen LogP contribution in [0.3, 0.4) is 0 Å². The molecule has 3 rings (SSSR count). The minimum atomic E-state index is -3.00. The minimum absolute atomic E-state index is 0.0194. The van der Waals surface area contributed by atoms with Gasteiger partial charge in [0.05, 0.1) is 17.0 Å². The van der Waals surface area contributed by atoms with Gasteiger partial charge in [0.1, 0.15) is 5.75 Å². The molecule has 6 nitrogen and oxygen atoms in total. The second kappa shape index (κ2) is 6.47. The number of hydrogen-bond donors (Lipinski definition) is 1. The Morgan fingerprint density at radius 2 is 2.17 bits per heavy atom. The first-order valence-electron chi connectivity index (χ1n) is 8.08. The maximum Gasteiger partial charge on any atom is 0.258 e. The molecule has 1 aromatic carbocycles. The van der Waals surface area contributed by atoms with Crippen molar-refractivity contribution in [2.24, 2.45) is 0 Å². The van der Waals surface area contributed by atoms with Gasteiger partial charge in [-0.1, -0.05) is 6.07 Å². The molecular formula is C17H22N2O4S. The topological polar surface area (TPSA) is 77.4 Å². The summed E-state index contributed by atoms with van der Waals surface area (Å²) < 4.78 is 30.6. The number of rotatable bonds is 5. The molecule has 0 aliphatic carbocycles. The maximum absolute atomic E-state index is 12.0. The predicted molar refractivity (Wildman–Crippen MR) is 93.0 cm³/mol. The van der Waals surface area contributed by atoms with E-state index in [-0.39, 0.29) is 30.1 Å². The molecule has 1 fully saturated rings. The largest absolute Gasteiger partial charge is 0.483 e. The van der Waals surface area contributed by atoms with Crippen molar-refractivity contribution in [3.8, 4) is 5.75 Å². The number of carbonyl (C=O) groups excluding carboxylic acids is 1. The molecule has 0 saturated carbocycles. The van der Waals surface area contributed by atoms with Crippen LogP contribution in [0.2, 0.25) is 0 Å². The number of amides is 1. The number of hydrogen-bond acceptors (Lipinski definition) is 4. The van der Waals surface area contributed by atoms with Gasteiger partial charge >= 0.3 is 0 Å². The molecular weight excluding hydrogens is 328 g/mol. The molecule has 2 aromatic rings. The maximum atomic E-state index is 12.0. The van der Waals surface area contributed by atoms with Crippen LogP contribution in [0.4, 0.5) is 0 Å². The second-order valence-corrected chi connectivity index (χ2v) is 8.69. The Balaban J connectivity index is 1.64. The summed E-state index contributed by atoms with van der Waals surface area (Å²) in [6.07, 6.45) is 2.48. The fraction of sp³-hybridized carbons (Fsp3) is 0.471. The summed E-state index contributed by atoms with van der Waals surface area (Å²) >= 11 is 0. The molecule has 0 radical (unpaired) electrons. The van der Waals surface area contributed by atoms with Crippen molar-refractivity contribution in [2.45, 2.75) is 32.4 Å². The van der Waals surface area contributed by atoms with Crippen LogP contribution in [0.25, 0.3) is 10.9 Å². The Kier molecular flexibility index (Phi) is 4.54. The van der Waals surface area contributed by atoms with E-state index >= 15 is 0 Å². The zero-order chi connectivity index (χ0) is 17.3. The predicted octanol–water partition coefficient (Wildman–Crippen LogP) is 1.90. The monoisotopic (exact) mass is 350 g/mol. The Labute approximate surface area is 141 Å². The van der Waals surface area contributed by atoms with Crippen LogP contribution in [0.5, 0.6) is 5.75 Å². The zero-order valence-corrected chi connectivity index (χ0v) is 14.7. The van der Waals surface area contributed by atoms with Gasteiger partial charge in [-0.05, 0) is 38.5 Å². The van der Waals surface area contributed by atoms with Gasteiger partial charge in [-0.2, -0.15) is 0 Å². The van der Waals surface area contributed by atoms with E-state index in [1.165, 1.54) is 0 Å². The molecule has 1 N–H and O–H groups in total. The fourth-order valence-corrected chi connectivity index (χ4v) is 4.73. The Morgan fingerprint density at radius 3 is 2.83 bits per heavy atom. The van der Waals surface area contributed by atoms with Gasteiger partial charge in [0.2, 0.25) is 0 Å². The highest BCUT2D eigenvalue weighted by atomic mass is 32.2. The van der Waals surface area contributed by atoms with Crippen molar-refractivity contribution < 1.29 is 17.9 Å². The molecule has 130 valence electrons. The summed E-state index contributed by atoms with van der Waals surface area (Å²) in [5.41, 5.74) is 1.06. The molecule has 1 aromatic heterocycles. The highest BCUT2D eigenvalue weighted by Crippen LogP contribution is 2.28. The summed E-state index contributed by atoms with van der Waals surface area (Å²) in [5.74, 6) is 0.519. The average molecular weight is 350 g/mol. The third-order valence-electron chi connectivity index (χ3n) is 4.24. The molecule has 1 atom stereocenters. The molecule has 1 saturated heterocycles. The van der Waals surface area contributed by atoms with Crippen molar-refractivity contribution in [3.05, 3.63) is 30.5 Å². The Hall–Kier alpha value is -2.02. The van der Waals surface area contributed by atoms with E-state index in [1.54, 1.807) is 0 Å². The number of aromatic nitrogens is 1. The van der Waals surface area contributed by atoms with Gasteiger partial charge in [-0.3, -0.25) is 4.79 Å². The molecule has 1 aliphatic heterocycles. The molecule has 0 spiro atoms. The standard InChI is InChI=1S/C17H22N2O4S/c1-12(2)19-8-6-14-15(19)4-3-5-16(14)23-10-17(20)18-13-7-9-24(21,22)11-13/h3-6,8,12-13H,7,9-11H2,1-2H3,(H,18,20)/t13-/m1/s1. The summed E-state index contributed by atoms with van der Waals surface area (Å²) in [6.45, 7) is 4.09. The molecule has 1 aliphatic rings. The Bertz CT molecular complexity index is 855. The van der Waals surface area contributed by atoms with E-state index < -0.39 is 9.84 Å². The van der Waals surface area contributed by atoms with Gasteiger partial charge in [-0.15, -0.1) is 0 Å². The third kappa shape index (κ3) is 3.56. The summed E-state index contributed by atoms with van der Waals surface area (Å²) in [5, 5.41) is 3.69. The van der Waals surface area contributed by atoms with Crippen LogP contribution in [-0.4, -0.2) is 43.0 Å². The number of benzene rings is 1. The lowest BCUT2D eigenvalue weighted by Crippen LogP contribution is -2.38. The van der Waals surface area contributed by atoms with E-state index in [4.69, 9.17) is 4.74 Å². The van der Waals surface area contributed by atoms with Gasteiger partial charge in [0.25, 0.3) is 5.91 Å². The van der Waals surface area contributed by atoms with Gasteiger partial charge in [0, 0.05) is 23.7 Å². The number of fused-ring (bicyclic) bond motifs is 1. The number of nitrogens with zero attached hydrogens (tertiary/aromatic N) is 1. The van der Waals surface area contributed by atoms with Crippen molar-refractivity contribution in [1.82, 2.24) is 9.88 Å². The van der Waals surface area contributed by atoms with Gasteiger partial charge < -0.3 is 14.6 Å². The first-order valence-corrected chi connectivity index (χ1v) is 9.90. The molecule has 24 heavy (non-hydrogen) atoms. The third-order valence-corrected chi connectivity index (χ3v) is 6.00. The lowest BCUT2D eigenvalue weighted by atomic mass is 10.2. The number of nitrogens with one attached hydrogen (secondary N) is 1. The van der Waals surface area contributed by atoms with Crippen LogP contribution in [-0.2, 0) is 14.6 Å². The SMILES string of the molecule is CC(C)n1ccc2c(OCC(=O)N[C@@H]3CCS(=O)(=O)C3)cccc21. The normalized spacial score (nSPS) is 19.7. The number of carbonyl (C=O) groups is 1. The quantitative estimate of drug-likeness (QED) is 0.893. The van der Waals surface area contributed by atoms with Gasteiger partial charge in [0.15, 0.2) is 16.4 Å². The smallest absolute Gasteiger partial charge is 0.258 e. The van der Waals surface area contributed by atoms with E-state index in [0.717, 1.165) is 10.9 Å². The van der Waals surface area contributed by atoms with Crippen molar-refractivity contribution in [2.75, 3.05) is 18.1 Å². The highest BCUT2D eigenvalue weighted by molar-refractivity contribution is 7.91. The van der Waals surface area contributed by atoms with Crippen molar-refractivity contribution in [3.63, 3.8) is 0 Å². The summed E-state index contributed by atoms with van der Waals surface area (Å²) in [6, 6.07) is 7.77. The first kappa shape index (κ1) is 16.8. The fourth-order valence-electron chi connectivity index (χ4n) is 3.06. The van der Waals surface area contributed by atoms with Crippen LogP contribution < -0.4 is 10.1 Å². The number of ether oxygens (including phenoxy) is 1. The van der Waals surface area contributed by atoms with Crippen LogP contribution >= 0.6 is 0 Å². The molecule has 1 amide bonds. The number of sulfone groups is 1. The molecule has 2 heterocycles. The zero-order valence-electron chi connectivity index (χ0n) is 13.9. The summed E-state index contributed by atoms with van der Waals surface area (Å²) in [4.78, 5) is 12.0. The van der Waals surface area contributed by atoms with Crippen molar-refractivity contribution in [1.29, 1.82) is 0 Å². The lowest BCUT2D eigenvalue weighted by molar-refractivity contribution is -0.123. The van der Waals surface area contributed by atoms with Crippen LogP contribution in [0, 0.1) is 0 Å². The molecule has 7 heteroatoms. The van der Waals surface area contributed by atoms with E-state index in [0.29, 0.717) is 18.2 Å². The first-order chi connectivity index (χ1) is 11.4. The lowest BCUT2D eigenvalue weighted by Gasteiger charge is -2.13. The second-order valence-electron chi connectivity index (χ2n) is 6.46. The van der Waals surface area contributed by atoms with E-state index in [2.05, 4.69) is 23.7 Å². The minimum Gasteiger partial charge on any atom is -0.483 e. The molecule has 0 bridgehead atoms. The van der Waals surface area contributed by atoms with Gasteiger partial charge in [-0.25, -0.2) is 8.42 Å². The highest BCUT2D eigenvalue weighted by Gasteiger charge is 2.28.